The average Bonchev–Trinajstić information content (AvgIpc) is 3.37. The highest BCUT2D eigenvalue weighted by Crippen LogP contribution is 2.40. The molecule has 1 N–H and O–H groups in total. The van der Waals surface area contributed by atoms with E-state index in [1.165, 1.54) is 21.2 Å². The van der Waals surface area contributed by atoms with Crippen molar-refractivity contribution in [2.45, 2.75) is 38.8 Å². The van der Waals surface area contributed by atoms with Crippen LogP contribution >= 0.6 is 11.3 Å². The highest BCUT2D eigenvalue weighted by atomic mass is 32.1. The minimum absolute atomic E-state index is 0.0141. The molecule has 0 radical (unpaired) electrons. The second-order valence-electron chi connectivity index (χ2n) is 8.29. The molecule has 0 bridgehead atoms. The number of fused-ring (bicyclic) bond motifs is 1. The van der Waals surface area contributed by atoms with Crippen LogP contribution in [0.15, 0.2) is 42.5 Å². The maximum absolute atomic E-state index is 12.6. The van der Waals surface area contributed by atoms with Gasteiger partial charge in [0.2, 0.25) is 0 Å². The van der Waals surface area contributed by atoms with Crippen molar-refractivity contribution in [3.8, 4) is 11.5 Å². The second-order valence-corrected chi connectivity index (χ2v) is 9.34. The first-order valence-electron chi connectivity index (χ1n) is 10.8. The Labute approximate surface area is 188 Å². The number of hydrogen-bond acceptors (Lipinski definition) is 5. The van der Waals surface area contributed by atoms with Crippen LogP contribution in [0.3, 0.4) is 0 Å². The molecule has 0 saturated carbocycles. The third-order valence-corrected chi connectivity index (χ3v) is 6.93. The van der Waals surface area contributed by atoms with Crippen molar-refractivity contribution in [1.29, 1.82) is 0 Å². The molecular formula is C25H30N2O3S. The van der Waals surface area contributed by atoms with Crippen LogP contribution in [0, 0.1) is 0 Å². The summed E-state index contributed by atoms with van der Waals surface area (Å²) in [6.45, 7) is 6.84. The van der Waals surface area contributed by atoms with Crippen LogP contribution in [0.1, 0.15) is 47.0 Å². The number of methoxy groups -OCH3 is 1. The fourth-order valence-corrected chi connectivity index (χ4v) is 5.62. The summed E-state index contributed by atoms with van der Waals surface area (Å²) < 4.78 is 12.6. The maximum atomic E-state index is 12.6. The van der Waals surface area contributed by atoms with Gasteiger partial charge in [0.25, 0.3) is 5.91 Å². The van der Waals surface area contributed by atoms with E-state index in [2.05, 4.69) is 40.5 Å². The number of rotatable bonds is 7. The van der Waals surface area contributed by atoms with Crippen LogP contribution in [0.25, 0.3) is 10.1 Å². The van der Waals surface area contributed by atoms with Crippen molar-refractivity contribution in [3.63, 3.8) is 0 Å². The zero-order chi connectivity index (χ0) is 22.0. The Hall–Kier alpha value is -2.57. The molecule has 1 amide bonds. The van der Waals surface area contributed by atoms with E-state index in [0.717, 1.165) is 42.4 Å². The van der Waals surface area contributed by atoms with Gasteiger partial charge in [-0.15, -0.1) is 11.3 Å². The average molecular weight is 439 g/mol. The molecule has 5 nitrogen and oxygen atoms in total. The van der Waals surface area contributed by atoms with Crippen molar-refractivity contribution in [2.75, 3.05) is 27.2 Å². The Morgan fingerprint density at radius 2 is 2.03 bits per heavy atom. The van der Waals surface area contributed by atoms with Gasteiger partial charge in [0.1, 0.15) is 0 Å². The third kappa shape index (κ3) is 4.55. The molecule has 31 heavy (non-hydrogen) atoms. The van der Waals surface area contributed by atoms with Crippen LogP contribution < -0.4 is 14.8 Å². The lowest BCUT2D eigenvalue weighted by Gasteiger charge is -2.19. The first-order chi connectivity index (χ1) is 15.0. The van der Waals surface area contributed by atoms with Crippen molar-refractivity contribution in [1.82, 2.24) is 10.2 Å². The third-order valence-electron chi connectivity index (χ3n) is 5.74. The molecule has 6 heteroatoms. The summed E-state index contributed by atoms with van der Waals surface area (Å²) in [4.78, 5) is 15.9. The van der Waals surface area contributed by atoms with Crippen molar-refractivity contribution in [3.05, 3.63) is 58.5 Å². The molecule has 1 aliphatic rings. The maximum Gasteiger partial charge on any atom is 0.261 e. The fourth-order valence-electron chi connectivity index (χ4n) is 4.39. The SMILES string of the molecule is CNC(=O)c1sc2ccccc2c1[C@H]1CCN(Cc2ccc(OC)c(OC(C)C)c2)C1. The summed E-state index contributed by atoms with van der Waals surface area (Å²) >= 11 is 1.60. The van der Waals surface area contributed by atoms with E-state index in [-0.39, 0.29) is 12.0 Å². The molecule has 2 heterocycles. The summed E-state index contributed by atoms with van der Waals surface area (Å²) in [5, 5.41) is 4.04. The minimum Gasteiger partial charge on any atom is -0.493 e. The standard InChI is InChI=1S/C25H30N2O3S/c1-16(2)30-21-13-17(9-10-20(21)29-4)14-27-12-11-18(15-27)23-19-7-5-6-8-22(19)31-24(23)25(28)26-3/h5-10,13,16,18H,11-12,14-15H2,1-4H3,(H,26,28)/t18-/m0/s1. The lowest BCUT2D eigenvalue weighted by atomic mass is 9.95. The normalized spacial score (nSPS) is 16.7. The van der Waals surface area contributed by atoms with Gasteiger partial charge >= 0.3 is 0 Å². The molecule has 0 spiro atoms. The Bertz CT molecular complexity index is 1080. The first kappa shape index (κ1) is 21.7. The highest BCUT2D eigenvalue weighted by molar-refractivity contribution is 7.21. The van der Waals surface area contributed by atoms with Crippen LogP contribution in [-0.4, -0.2) is 44.2 Å². The zero-order valence-electron chi connectivity index (χ0n) is 18.6. The van der Waals surface area contributed by atoms with Gasteiger partial charge in [-0.3, -0.25) is 9.69 Å². The second kappa shape index (κ2) is 9.28. The van der Waals surface area contributed by atoms with Gasteiger partial charge in [0.05, 0.1) is 18.1 Å². The molecule has 164 valence electrons. The van der Waals surface area contributed by atoms with Gasteiger partial charge in [0.15, 0.2) is 11.5 Å². The number of nitrogens with zero attached hydrogens (tertiary/aromatic N) is 1. The summed E-state index contributed by atoms with van der Waals surface area (Å²) in [7, 11) is 3.38. The van der Waals surface area contributed by atoms with Gasteiger partial charge in [0, 0.05) is 30.8 Å². The molecular weight excluding hydrogens is 408 g/mol. The van der Waals surface area contributed by atoms with Crippen molar-refractivity contribution >= 4 is 27.3 Å². The van der Waals surface area contributed by atoms with E-state index in [0.29, 0.717) is 5.92 Å². The van der Waals surface area contributed by atoms with Crippen LogP contribution in [-0.2, 0) is 6.54 Å². The van der Waals surface area contributed by atoms with Gasteiger partial charge in [-0.2, -0.15) is 0 Å². The number of carbonyl (C=O) groups excluding carboxylic acids is 1. The van der Waals surface area contributed by atoms with Crippen molar-refractivity contribution < 1.29 is 14.3 Å². The molecule has 0 unspecified atom stereocenters. The molecule has 1 aliphatic heterocycles. The quantitative estimate of drug-likeness (QED) is 0.561. The van der Waals surface area contributed by atoms with Crippen LogP contribution in [0.2, 0.25) is 0 Å². The number of ether oxygens (including phenoxy) is 2. The van der Waals surface area contributed by atoms with E-state index < -0.39 is 0 Å². The number of benzene rings is 2. The summed E-state index contributed by atoms with van der Waals surface area (Å²) in [5.74, 6) is 1.92. The molecule has 1 atom stereocenters. The number of hydrogen-bond donors (Lipinski definition) is 1. The predicted molar refractivity (Wildman–Crippen MR) is 127 cm³/mol. The number of amides is 1. The van der Waals surface area contributed by atoms with E-state index in [4.69, 9.17) is 9.47 Å². The Morgan fingerprint density at radius 3 is 2.77 bits per heavy atom. The van der Waals surface area contributed by atoms with Gasteiger partial charge < -0.3 is 14.8 Å². The molecule has 3 aromatic rings. The van der Waals surface area contributed by atoms with Gasteiger partial charge in [-0.25, -0.2) is 0 Å². The first-order valence-corrected chi connectivity index (χ1v) is 11.6. The number of carbonyl (C=O) groups is 1. The topological polar surface area (TPSA) is 50.8 Å². The Balaban J connectivity index is 1.55. The van der Waals surface area contributed by atoms with E-state index in [1.54, 1.807) is 25.5 Å². The molecule has 0 aliphatic carbocycles. The van der Waals surface area contributed by atoms with Crippen molar-refractivity contribution in [2.24, 2.45) is 0 Å². The molecule has 1 aromatic heterocycles. The summed E-state index contributed by atoms with van der Waals surface area (Å²) in [5.41, 5.74) is 2.42. The largest absolute Gasteiger partial charge is 0.493 e. The predicted octanol–water partition coefficient (Wildman–Crippen LogP) is 5.05. The lowest BCUT2D eigenvalue weighted by Crippen LogP contribution is -2.21. The number of likely N-dealkylation sites (tertiary alicyclic amines) is 1. The summed E-state index contributed by atoms with van der Waals surface area (Å²) in [6, 6.07) is 14.5. The minimum atomic E-state index is 0.0141. The Morgan fingerprint density at radius 1 is 1.23 bits per heavy atom. The summed E-state index contributed by atoms with van der Waals surface area (Å²) in [6.07, 6.45) is 1.14. The fraction of sp³-hybridized carbons (Fsp3) is 0.400. The monoisotopic (exact) mass is 438 g/mol. The highest BCUT2D eigenvalue weighted by Gasteiger charge is 2.30. The molecule has 4 rings (SSSR count). The van der Waals surface area contributed by atoms with E-state index in [9.17, 15) is 4.79 Å². The lowest BCUT2D eigenvalue weighted by molar-refractivity contribution is 0.0966. The zero-order valence-corrected chi connectivity index (χ0v) is 19.4. The van der Waals surface area contributed by atoms with E-state index >= 15 is 0 Å². The van der Waals surface area contributed by atoms with Gasteiger partial charge in [-0.1, -0.05) is 24.3 Å². The number of thiophene rings is 1. The van der Waals surface area contributed by atoms with Crippen LogP contribution in [0.5, 0.6) is 11.5 Å². The van der Waals surface area contributed by atoms with E-state index in [1.807, 2.05) is 26.0 Å². The smallest absolute Gasteiger partial charge is 0.261 e. The molecule has 1 fully saturated rings. The number of nitrogens with one attached hydrogen (secondary N) is 1. The Kier molecular flexibility index (Phi) is 6.49. The van der Waals surface area contributed by atoms with Gasteiger partial charge in [-0.05, 0) is 61.5 Å². The van der Waals surface area contributed by atoms with Crippen LogP contribution in [0.4, 0.5) is 0 Å². The molecule has 2 aromatic carbocycles. The molecule has 1 saturated heterocycles.